The van der Waals surface area contributed by atoms with Gasteiger partial charge in [0.1, 0.15) is 11.3 Å². The number of benzene rings is 1. The molecular weight excluding hydrogens is 386 g/mol. The molecule has 0 fully saturated rings. The van der Waals surface area contributed by atoms with E-state index in [2.05, 4.69) is 15.2 Å². The van der Waals surface area contributed by atoms with Crippen LogP contribution in [-0.4, -0.2) is 37.6 Å². The van der Waals surface area contributed by atoms with E-state index >= 15 is 0 Å². The van der Waals surface area contributed by atoms with E-state index in [1.165, 1.54) is 31.2 Å². The van der Waals surface area contributed by atoms with Gasteiger partial charge in [0.05, 0.1) is 10.6 Å². The summed E-state index contributed by atoms with van der Waals surface area (Å²) in [5, 5.41) is 6.24. The summed E-state index contributed by atoms with van der Waals surface area (Å²) < 4.78 is 36.7. The Hall–Kier alpha value is -2.72. The van der Waals surface area contributed by atoms with E-state index < -0.39 is 28.0 Å². The molecule has 0 radical (unpaired) electrons. The number of carbonyl (C=O) groups excluding carboxylic acids is 2. The number of amides is 1. The van der Waals surface area contributed by atoms with Crippen LogP contribution < -0.4 is 10.0 Å². The molecule has 0 spiro atoms. The highest BCUT2D eigenvalue weighted by Crippen LogP contribution is 2.17. The minimum absolute atomic E-state index is 0.0806. The molecule has 0 bridgehead atoms. The van der Waals surface area contributed by atoms with Crippen LogP contribution in [0.3, 0.4) is 0 Å². The van der Waals surface area contributed by atoms with E-state index in [1.807, 2.05) is 0 Å². The molecule has 9 nitrogen and oxygen atoms in total. The lowest BCUT2D eigenvalue weighted by molar-refractivity contribution is -0.123. The summed E-state index contributed by atoms with van der Waals surface area (Å²) in [6.45, 7) is 8.04. The number of sulfonamides is 1. The minimum Gasteiger partial charge on any atom is -0.449 e. The number of nitrogens with one attached hydrogen (secondary N) is 2. The number of rotatable bonds is 7. The molecule has 0 aliphatic heterocycles. The fraction of sp³-hybridized carbons (Fsp3) is 0.389. The van der Waals surface area contributed by atoms with Crippen LogP contribution in [0.2, 0.25) is 0 Å². The van der Waals surface area contributed by atoms with E-state index in [0.29, 0.717) is 17.1 Å². The second-order valence-corrected chi connectivity index (χ2v) is 8.25. The van der Waals surface area contributed by atoms with Gasteiger partial charge >= 0.3 is 5.97 Å². The predicted octanol–water partition coefficient (Wildman–Crippen LogP) is 2.16. The Morgan fingerprint density at radius 1 is 1.11 bits per heavy atom. The van der Waals surface area contributed by atoms with Gasteiger partial charge in [-0.05, 0) is 58.9 Å². The van der Waals surface area contributed by atoms with Crippen molar-refractivity contribution in [3.05, 3.63) is 41.3 Å². The first-order chi connectivity index (χ1) is 13.0. The topological polar surface area (TPSA) is 128 Å². The smallest absolute Gasteiger partial charge is 0.344 e. The van der Waals surface area contributed by atoms with Gasteiger partial charge in [0.15, 0.2) is 6.10 Å². The van der Waals surface area contributed by atoms with Crippen LogP contribution in [0, 0.1) is 13.8 Å². The molecule has 152 valence electrons. The molecule has 28 heavy (non-hydrogen) atoms. The zero-order valence-electron chi connectivity index (χ0n) is 16.3. The summed E-state index contributed by atoms with van der Waals surface area (Å²) in [6, 6.07) is 5.42. The summed E-state index contributed by atoms with van der Waals surface area (Å²) in [5.41, 5.74) is 0.933. The van der Waals surface area contributed by atoms with Crippen molar-refractivity contribution in [2.75, 3.05) is 5.32 Å². The number of hydrogen-bond donors (Lipinski definition) is 2. The SMILES string of the molecule is Cc1noc(C)c1C(=O)O[C@@H](C)C(=O)Nc1ccc(S(=O)(=O)NC(C)C)cc1. The Balaban J connectivity index is 2.01. The molecule has 0 saturated carbocycles. The first-order valence-electron chi connectivity index (χ1n) is 8.58. The second-order valence-electron chi connectivity index (χ2n) is 6.54. The molecule has 1 aromatic heterocycles. The van der Waals surface area contributed by atoms with Gasteiger partial charge in [-0.15, -0.1) is 0 Å². The van der Waals surface area contributed by atoms with Crippen LogP contribution in [-0.2, 0) is 19.6 Å². The molecular formula is C18H23N3O6S. The Morgan fingerprint density at radius 2 is 1.71 bits per heavy atom. The highest BCUT2D eigenvalue weighted by atomic mass is 32.2. The molecule has 2 rings (SSSR count). The van der Waals surface area contributed by atoms with Crippen molar-refractivity contribution < 1.29 is 27.3 Å². The summed E-state index contributed by atoms with van der Waals surface area (Å²) in [4.78, 5) is 24.5. The number of hydrogen-bond acceptors (Lipinski definition) is 7. The van der Waals surface area contributed by atoms with Crippen molar-refractivity contribution >= 4 is 27.6 Å². The van der Waals surface area contributed by atoms with Crippen molar-refractivity contribution in [3.63, 3.8) is 0 Å². The first-order valence-corrected chi connectivity index (χ1v) is 10.1. The lowest BCUT2D eigenvalue weighted by Gasteiger charge is -2.14. The normalized spacial score (nSPS) is 12.6. The molecule has 0 aliphatic rings. The Kier molecular flexibility index (Phi) is 6.57. The van der Waals surface area contributed by atoms with Crippen LogP contribution in [0.4, 0.5) is 5.69 Å². The predicted molar refractivity (Wildman–Crippen MR) is 101 cm³/mol. The van der Waals surface area contributed by atoms with Gasteiger partial charge in [-0.3, -0.25) is 4.79 Å². The number of esters is 1. The largest absolute Gasteiger partial charge is 0.449 e. The van der Waals surface area contributed by atoms with Crippen LogP contribution >= 0.6 is 0 Å². The van der Waals surface area contributed by atoms with Gasteiger partial charge in [0.2, 0.25) is 10.0 Å². The highest BCUT2D eigenvalue weighted by molar-refractivity contribution is 7.89. The van der Waals surface area contributed by atoms with Crippen LogP contribution in [0.25, 0.3) is 0 Å². The van der Waals surface area contributed by atoms with Crippen molar-refractivity contribution in [3.8, 4) is 0 Å². The first kappa shape index (κ1) is 21.6. The van der Waals surface area contributed by atoms with Crippen molar-refractivity contribution in [1.29, 1.82) is 0 Å². The third kappa shape index (κ3) is 5.17. The summed E-state index contributed by atoms with van der Waals surface area (Å²) in [6.07, 6.45) is -1.08. The number of aromatic nitrogens is 1. The number of ether oxygens (including phenoxy) is 1. The lowest BCUT2D eigenvalue weighted by atomic mass is 10.2. The minimum atomic E-state index is -3.62. The molecule has 2 aromatic rings. The molecule has 1 heterocycles. The summed E-state index contributed by atoms with van der Waals surface area (Å²) in [7, 11) is -3.62. The van der Waals surface area contributed by atoms with Gasteiger partial charge in [-0.2, -0.15) is 0 Å². The van der Waals surface area contributed by atoms with E-state index in [0.717, 1.165) is 0 Å². The average Bonchev–Trinajstić information content (AvgIpc) is 2.92. The standard InChI is InChI=1S/C18H23N3O6S/c1-10(2)21-28(24,25)15-8-6-14(7-9-15)19-17(22)13(5)26-18(23)16-11(3)20-27-12(16)4/h6-10,13,21H,1-5H3,(H,19,22)/t13-/m0/s1. The van der Waals surface area contributed by atoms with Gasteiger partial charge in [0, 0.05) is 11.7 Å². The van der Waals surface area contributed by atoms with Crippen molar-refractivity contribution in [1.82, 2.24) is 9.88 Å². The van der Waals surface area contributed by atoms with Crippen LogP contribution in [0.1, 0.15) is 42.6 Å². The third-order valence-corrected chi connectivity index (χ3v) is 5.39. The fourth-order valence-corrected chi connectivity index (χ4v) is 3.64. The molecule has 2 N–H and O–H groups in total. The summed E-state index contributed by atoms with van der Waals surface area (Å²) >= 11 is 0. The summed E-state index contributed by atoms with van der Waals surface area (Å²) in [5.74, 6) is -0.960. The van der Waals surface area contributed by atoms with Crippen LogP contribution in [0.5, 0.6) is 0 Å². The van der Waals surface area contributed by atoms with Crippen molar-refractivity contribution in [2.24, 2.45) is 0 Å². The van der Waals surface area contributed by atoms with Gasteiger partial charge in [-0.1, -0.05) is 5.16 Å². The van der Waals surface area contributed by atoms with E-state index in [4.69, 9.17) is 9.26 Å². The van der Waals surface area contributed by atoms with E-state index in [-0.39, 0.29) is 16.5 Å². The molecule has 0 saturated heterocycles. The third-order valence-electron chi connectivity index (χ3n) is 3.71. The average molecular weight is 409 g/mol. The number of carbonyl (C=O) groups is 2. The van der Waals surface area contributed by atoms with E-state index in [9.17, 15) is 18.0 Å². The lowest BCUT2D eigenvalue weighted by Crippen LogP contribution is -2.31. The van der Waals surface area contributed by atoms with Gasteiger partial charge < -0.3 is 14.6 Å². The quantitative estimate of drug-likeness (QED) is 0.671. The van der Waals surface area contributed by atoms with Gasteiger partial charge in [-0.25, -0.2) is 17.9 Å². The Labute approximate surface area is 163 Å². The fourth-order valence-electron chi connectivity index (χ4n) is 2.39. The molecule has 1 atom stereocenters. The van der Waals surface area contributed by atoms with Gasteiger partial charge in [0.25, 0.3) is 5.91 Å². The molecule has 0 aliphatic carbocycles. The molecule has 1 aromatic carbocycles. The number of aryl methyl sites for hydroxylation is 2. The zero-order chi connectivity index (χ0) is 21.1. The van der Waals surface area contributed by atoms with Crippen LogP contribution in [0.15, 0.2) is 33.7 Å². The van der Waals surface area contributed by atoms with E-state index in [1.54, 1.807) is 27.7 Å². The maximum Gasteiger partial charge on any atom is 0.344 e. The number of nitrogens with zero attached hydrogens (tertiary/aromatic N) is 1. The highest BCUT2D eigenvalue weighted by Gasteiger charge is 2.24. The molecule has 10 heteroatoms. The zero-order valence-corrected chi connectivity index (χ0v) is 17.1. The Morgan fingerprint density at radius 3 is 2.21 bits per heavy atom. The maximum absolute atomic E-state index is 12.3. The maximum atomic E-state index is 12.3. The number of anilines is 1. The second kappa shape index (κ2) is 8.53. The molecule has 0 unspecified atom stereocenters. The molecule has 1 amide bonds. The van der Waals surface area contributed by atoms with Crippen molar-refractivity contribution in [2.45, 2.75) is 51.7 Å². The monoisotopic (exact) mass is 409 g/mol. The Bertz CT molecular complexity index is 944.